The van der Waals surface area contributed by atoms with Gasteiger partial charge in [-0.3, -0.25) is 0 Å². The summed E-state index contributed by atoms with van der Waals surface area (Å²) in [5.74, 6) is 0.918. The number of hydrogen-bond acceptors (Lipinski definition) is 2. The molecule has 2 aromatic heterocycles. The monoisotopic (exact) mass is 398 g/mol. The quantitative estimate of drug-likeness (QED) is 0.443. The molecule has 5 rings (SSSR count). The van der Waals surface area contributed by atoms with Gasteiger partial charge in [0.1, 0.15) is 5.75 Å². The molecule has 0 saturated heterocycles. The van der Waals surface area contributed by atoms with E-state index >= 15 is 0 Å². The third-order valence-corrected chi connectivity index (χ3v) is 5.22. The molecular formula is C19H12BrClN2O. The second-order valence-corrected chi connectivity index (χ2v) is 7.27. The number of H-pyrrole nitrogens is 1. The zero-order valence-electron chi connectivity index (χ0n) is 12.6. The van der Waals surface area contributed by atoms with Crippen LogP contribution in [0.25, 0.3) is 33.1 Å². The second-order valence-electron chi connectivity index (χ2n) is 5.92. The lowest BCUT2D eigenvalue weighted by Gasteiger charge is -2.10. The lowest BCUT2D eigenvalue weighted by Crippen LogP contribution is -1.92. The highest BCUT2D eigenvalue weighted by Crippen LogP contribution is 2.42. The van der Waals surface area contributed by atoms with Crippen LogP contribution in [0.3, 0.4) is 0 Å². The molecule has 0 unspecified atom stereocenters. The highest BCUT2D eigenvalue weighted by atomic mass is 79.9. The van der Waals surface area contributed by atoms with E-state index in [0.29, 0.717) is 11.6 Å². The molecule has 3 nitrogen and oxygen atoms in total. The van der Waals surface area contributed by atoms with Crippen LogP contribution < -0.4 is 4.74 Å². The van der Waals surface area contributed by atoms with Gasteiger partial charge in [0.25, 0.3) is 0 Å². The molecule has 0 amide bonds. The van der Waals surface area contributed by atoms with Crippen LogP contribution >= 0.6 is 27.5 Å². The highest BCUT2D eigenvalue weighted by Gasteiger charge is 2.23. The molecule has 2 aromatic carbocycles. The smallest absolute Gasteiger partial charge is 0.134 e. The largest absolute Gasteiger partial charge is 0.492 e. The van der Waals surface area contributed by atoms with Crippen molar-refractivity contribution < 1.29 is 4.74 Å². The number of benzene rings is 2. The van der Waals surface area contributed by atoms with Gasteiger partial charge in [-0.2, -0.15) is 0 Å². The minimum Gasteiger partial charge on any atom is -0.492 e. The first-order valence-corrected chi connectivity index (χ1v) is 8.90. The zero-order valence-corrected chi connectivity index (χ0v) is 14.9. The van der Waals surface area contributed by atoms with Crippen LogP contribution in [0.15, 0.2) is 47.1 Å². The first-order chi connectivity index (χ1) is 11.7. The number of nitrogens with one attached hydrogen (secondary N) is 1. The lowest BCUT2D eigenvalue weighted by atomic mass is 10.0. The van der Waals surface area contributed by atoms with Crippen molar-refractivity contribution >= 4 is 49.3 Å². The van der Waals surface area contributed by atoms with Crippen LogP contribution in [-0.2, 0) is 6.42 Å². The molecule has 24 heavy (non-hydrogen) atoms. The Hall–Kier alpha value is -2.04. The van der Waals surface area contributed by atoms with E-state index in [4.69, 9.17) is 21.3 Å². The van der Waals surface area contributed by atoms with Gasteiger partial charge >= 0.3 is 0 Å². The molecule has 1 aliphatic heterocycles. The average molecular weight is 400 g/mol. The minimum absolute atomic E-state index is 0.682. The van der Waals surface area contributed by atoms with Gasteiger partial charge in [0, 0.05) is 49.5 Å². The molecule has 0 fully saturated rings. The van der Waals surface area contributed by atoms with Gasteiger partial charge in [-0.1, -0.05) is 27.5 Å². The molecule has 0 spiro atoms. The number of hydrogen-bond donors (Lipinski definition) is 1. The van der Waals surface area contributed by atoms with E-state index < -0.39 is 0 Å². The average Bonchev–Trinajstić information content (AvgIpc) is 3.21. The van der Waals surface area contributed by atoms with Gasteiger partial charge in [-0.15, -0.1) is 0 Å². The Morgan fingerprint density at radius 2 is 2.04 bits per heavy atom. The maximum Gasteiger partial charge on any atom is 0.134 e. The topological polar surface area (TPSA) is 37.9 Å². The van der Waals surface area contributed by atoms with Crippen molar-refractivity contribution in [2.24, 2.45) is 0 Å². The van der Waals surface area contributed by atoms with Crippen molar-refractivity contribution in [3.05, 3.63) is 57.7 Å². The molecule has 4 aromatic rings. The molecule has 1 N–H and O–H groups in total. The molecule has 0 radical (unpaired) electrons. The van der Waals surface area contributed by atoms with E-state index in [9.17, 15) is 0 Å². The fourth-order valence-corrected chi connectivity index (χ4v) is 3.94. The standard InChI is InChI=1S/C19H12BrClN2O/c20-10-1-3-16-13(7-10)15(9-22-16)18-12-5-6-24-19(12)14-8-11(21)2-4-17(14)23-18/h1-4,7-9,22H,5-6H2. The second kappa shape index (κ2) is 5.23. The van der Waals surface area contributed by atoms with Crippen LogP contribution in [0.1, 0.15) is 5.56 Å². The number of aromatic nitrogens is 2. The van der Waals surface area contributed by atoms with Crippen molar-refractivity contribution in [2.45, 2.75) is 6.42 Å². The molecule has 0 atom stereocenters. The van der Waals surface area contributed by atoms with Crippen molar-refractivity contribution in [3.8, 4) is 17.0 Å². The van der Waals surface area contributed by atoms with E-state index in [1.807, 2.05) is 30.5 Å². The van der Waals surface area contributed by atoms with Crippen LogP contribution in [0.4, 0.5) is 0 Å². The van der Waals surface area contributed by atoms with Crippen molar-refractivity contribution in [1.29, 1.82) is 0 Å². The van der Waals surface area contributed by atoms with Crippen molar-refractivity contribution in [2.75, 3.05) is 6.61 Å². The van der Waals surface area contributed by atoms with Gasteiger partial charge in [0.15, 0.2) is 0 Å². The molecule has 1 aliphatic rings. The maximum absolute atomic E-state index is 6.16. The first kappa shape index (κ1) is 14.3. The number of aromatic amines is 1. The number of rotatable bonds is 1. The minimum atomic E-state index is 0.682. The Kier molecular flexibility index (Phi) is 3.12. The Bertz CT molecular complexity index is 1120. The summed E-state index contributed by atoms with van der Waals surface area (Å²) in [6, 6.07) is 12.0. The summed E-state index contributed by atoms with van der Waals surface area (Å²) >= 11 is 9.72. The number of halogens is 2. The van der Waals surface area contributed by atoms with Crippen LogP contribution in [0.5, 0.6) is 5.75 Å². The number of nitrogens with zero attached hydrogens (tertiary/aromatic N) is 1. The van der Waals surface area contributed by atoms with Gasteiger partial charge in [-0.05, 0) is 36.4 Å². The normalized spacial score (nSPS) is 13.4. The Balaban J connectivity index is 1.86. The summed E-state index contributed by atoms with van der Waals surface area (Å²) < 4.78 is 6.98. The molecule has 5 heteroatoms. The molecule has 0 saturated carbocycles. The van der Waals surface area contributed by atoms with Crippen molar-refractivity contribution in [3.63, 3.8) is 0 Å². The Morgan fingerprint density at radius 3 is 2.96 bits per heavy atom. The van der Waals surface area contributed by atoms with E-state index in [-0.39, 0.29) is 0 Å². The summed E-state index contributed by atoms with van der Waals surface area (Å²) in [6.45, 7) is 0.682. The third-order valence-electron chi connectivity index (χ3n) is 4.49. The van der Waals surface area contributed by atoms with Gasteiger partial charge < -0.3 is 9.72 Å². The SMILES string of the molecule is Clc1ccc2nc(-c3c[nH]c4ccc(Br)cc34)c3c(c2c1)OCC3. The number of pyridine rings is 1. The van der Waals surface area contributed by atoms with Crippen molar-refractivity contribution in [1.82, 2.24) is 9.97 Å². The maximum atomic E-state index is 6.16. The van der Waals surface area contributed by atoms with Gasteiger partial charge in [0.05, 0.1) is 17.8 Å². The fourth-order valence-electron chi connectivity index (χ4n) is 3.41. The first-order valence-electron chi connectivity index (χ1n) is 7.72. The van der Waals surface area contributed by atoms with Gasteiger partial charge in [0.2, 0.25) is 0 Å². The van der Waals surface area contributed by atoms with E-state index in [1.54, 1.807) is 0 Å². The third kappa shape index (κ3) is 2.06. The summed E-state index contributed by atoms with van der Waals surface area (Å²) in [5, 5.41) is 2.84. The molecule has 3 heterocycles. The van der Waals surface area contributed by atoms with Crippen LogP contribution in [0.2, 0.25) is 5.02 Å². The fraction of sp³-hybridized carbons (Fsp3) is 0.105. The molecular weight excluding hydrogens is 388 g/mol. The summed E-state index contributed by atoms with van der Waals surface area (Å²) in [7, 11) is 0. The molecule has 0 bridgehead atoms. The van der Waals surface area contributed by atoms with E-state index in [0.717, 1.165) is 55.3 Å². The predicted octanol–water partition coefficient (Wildman–Crippen LogP) is 5.73. The van der Waals surface area contributed by atoms with E-state index in [2.05, 4.69) is 33.0 Å². The summed E-state index contributed by atoms with van der Waals surface area (Å²) in [6.07, 6.45) is 2.89. The van der Waals surface area contributed by atoms with Crippen LogP contribution in [-0.4, -0.2) is 16.6 Å². The molecule has 0 aliphatic carbocycles. The van der Waals surface area contributed by atoms with Gasteiger partial charge in [-0.25, -0.2) is 4.98 Å². The van der Waals surface area contributed by atoms with Crippen LogP contribution in [0, 0.1) is 0 Å². The Morgan fingerprint density at radius 1 is 1.12 bits per heavy atom. The predicted molar refractivity (Wildman–Crippen MR) is 101 cm³/mol. The highest BCUT2D eigenvalue weighted by molar-refractivity contribution is 9.10. The lowest BCUT2D eigenvalue weighted by molar-refractivity contribution is 0.360. The summed E-state index contributed by atoms with van der Waals surface area (Å²) in [4.78, 5) is 8.28. The number of ether oxygens (including phenoxy) is 1. The number of fused-ring (bicyclic) bond motifs is 4. The van der Waals surface area contributed by atoms with E-state index in [1.165, 1.54) is 0 Å². The zero-order chi connectivity index (χ0) is 16.3. The Labute approximate surface area is 151 Å². The summed E-state index contributed by atoms with van der Waals surface area (Å²) in [5.41, 5.74) is 5.25. The molecule has 118 valence electrons.